The fourth-order valence-corrected chi connectivity index (χ4v) is 2.79. The Hall–Kier alpha value is -1.60. The van der Waals surface area contributed by atoms with Crippen LogP contribution in [0.3, 0.4) is 0 Å². The van der Waals surface area contributed by atoms with Crippen LogP contribution in [0.1, 0.15) is 12.8 Å². The molecule has 0 saturated carbocycles. The predicted octanol–water partition coefficient (Wildman–Crippen LogP) is 2.25. The summed E-state index contributed by atoms with van der Waals surface area (Å²) in [5, 5.41) is 1.92. The smallest absolute Gasteiger partial charge is 0.231 e. The molecule has 1 aliphatic heterocycles. The number of anilines is 2. The Morgan fingerprint density at radius 3 is 2.65 bits per heavy atom. The first kappa shape index (κ1) is 13.4. The quantitative estimate of drug-likeness (QED) is 0.931. The standard InChI is InChI=1S/C12H13ClN6S/c13-8-3-4-9(15-7-8)20-12-17-10(14)16-11(18-12)19-5-1-2-6-19/h3-4,7H,1-2,5-6H2,(H2,14,16,17,18). The number of aromatic nitrogens is 4. The Kier molecular flexibility index (Phi) is 3.88. The monoisotopic (exact) mass is 308 g/mol. The van der Waals surface area contributed by atoms with E-state index in [2.05, 4.69) is 24.8 Å². The summed E-state index contributed by atoms with van der Waals surface area (Å²) in [6, 6.07) is 3.60. The summed E-state index contributed by atoms with van der Waals surface area (Å²) >= 11 is 7.16. The number of nitrogen functional groups attached to an aromatic ring is 1. The molecule has 0 aromatic carbocycles. The average molecular weight is 309 g/mol. The van der Waals surface area contributed by atoms with E-state index in [0.717, 1.165) is 31.0 Å². The highest BCUT2D eigenvalue weighted by molar-refractivity contribution is 7.99. The van der Waals surface area contributed by atoms with Crippen LogP contribution >= 0.6 is 23.4 Å². The van der Waals surface area contributed by atoms with Gasteiger partial charge in [0, 0.05) is 19.3 Å². The summed E-state index contributed by atoms with van der Waals surface area (Å²) in [6.45, 7) is 1.93. The number of pyridine rings is 1. The molecule has 0 aliphatic carbocycles. The van der Waals surface area contributed by atoms with E-state index in [9.17, 15) is 0 Å². The number of rotatable bonds is 3. The topological polar surface area (TPSA) is 80.8 Å². The predicted molar refractivity (Wildman–Crippen MR) is 79.1 cm³/mol. The molecular formula is C12H13ClN6S. The van der Waals surface area contributed by atoms with Crippen LogP contribution in [0.25, 0.3) is 0 Å². The molecule has 104 valence electrons. The first-order valence-corrected chi connectivity index (χ1v) is 7.46. The van der Waals surface area contributed by atoms with Crippen molar-refractivity contribution in [1.29, 1.82) is 0 Å². The molecule has 1 saturated heterocycles. The maximum Gasteiger partial charge on any atom is 0.231 e. The van der Waals surface area contributed by atoms with Crippen molar-refractivity contribution in [3.05, 3.63) is 23.4 Å². The summed E-state index contributed by atoms with van der Waals surface area (Å²) in [7, 11) is 0. The molecular weight excluding hydrogens is 296 g/mol. The molecule has 6 nitrogen and oxygen atoms in total. The van der Waals surface area contributed by atoms with Gasteiger partial charge in [-0.3, -0.25) is 0 Å². The fraction of sp³-hybridized carbons (Fsp3) is 0.333. The van der Waals surface area contributed by atoms with E-state index in [1.807, 2.05) is 6.07 Å². The third-order valence-corrected chi connectivity index (χ3v) is 3.94. The van der Waals surface area contributed by atoms with Gasteiger partial charge in [-0.15, -0.1) is 0 Å². The van der Waals surface area contributed by atoms with E-state index in [1.54, 1.807) is 12.3 Å². The van der Waals surface area contributed by atoms with Crippen LogP contribution in [-0.4, -0.2) is 33.0 Å². The van der Waals surface area contributed by atoms with E-state index in [4.69, 9.17) is 17.3 Å². The first-order chi connectivity index (χ1) is 9.70. The zero-order valence-electron chi connectivity index (χ0n) is 10.7. The summed E-state index contributed by atoms with van der Waals surface area (Å²) in [4.78, 5) is 19.1. The Balaban J connectivity index is 1.83. The molecule has 0 radical (unpaired) electrons. The minimum absolute atomic E-state index is 0.235. The molecule has 2 aromatic heterocycles. The SMILES string of the molecule is Nc1nc(Sc2ccc(Cl)cn2)nc(N2CCCC2)n1. The third kappa shape index (κ3) is 3.10. The number of hydrogen-bond donors (Lipinski definition) is 1. The van der Waals surface area contributed by atoms with Gasteiger partial charge in [-0.25, -0.2) is 4.98 Å². The Labute approximate surface area is 125 Å². The minimum Gasteiger partial charge on any atom is -0.368 e. The molecule has 1 aliphatic rings. The molecule has 20 heavy (non-hydrogen) atoms. The summed E-state index contributed by atoms with van der Waals surface area (Å²) in [5.74, 6) is 0.879. The van der Waals surface area contributed by atoms with Crippen LogP contribution in [0.2, 0.25) is 5.02 Å². The largest absolute Gasteiger partial charge is 0.368 e. The Morgan fingerprint density at radius 2 is 1.95 bits per heavy atom. The Morgan fingerprint density at radius 1 is 1.15 bits per heavy atom. The van der Waals surface area contributed by atoms with Crippen molar-refractivity contribution in [3.8, 4) is 0 Å². The summed E-state index contributed by atoms with van der Waals surface area (Å²) < 4.78 is 0. The van der Waals surface area contributed by atoms with Crippen molar-refractivity contribution in [3.63, 3.8) is 0 Å². The number of nitrogens with zero attached hydrogens (tertiary/aromatic N) is 5. The lowest BCUT2D eigenvalue weighted by molar-refractivity contribution is 0.833. The molecule has 0 spiro atoms. The lowest BCUT2D eigenvalue weighted by atomic mass is 10.4. The number of halogens is 1. The summed E-state index contributed by atoms with van der Waals surface area (Å²) in [6.07, 6.45) is 3.91. The lowest BCUT2D eigenvalue weighted by Gasteiger charge is -2.15. The molecule has 3 heterocycles. The fourth-order valence-electron chi connectivity index (χ4n) is 1.98. The van der Waals surface area contributed by atoms with Gasteiger partial charge in [0.1, 0.15) is 5.03 Å². The van der Waals surface area contributed by atoms with Gasteiger partial charge in [0.05, 0.1) is 5.02 Å². The van der Waals surface area contributed by atoms with E-state index < -0.39 is 0 Å². The molecule has 1 fully saturated rings. The van der Waals surface area contributed by atoms with Crippen LogP contribution in [0, 0.1) is 0 Å². The van der Waals surface area contributed by atoms with Crippen LogP contribution in [0.15, 0.2) is 28.5 Å². The first-order valence-electron chi connectivity index (χ1n) is 6.26. The molecule has 3 rings (SSSR count). The third-order valence-electron chi connectivity index (χ3n) is 2.91. The van der Waals surface area contributed by atoms with Gasteiger partial charge in [0.25, 0.3) is 0 Å². The second-order valence-electron chi connectivity index (χ2n) is 4.39. The van der Waals surface area contributed by atoms with Crippen LogP contribution in [-0.2, 0) is 0 Å². The number of hydrogen-bond acceptors (Lipinski definition) is 7. The molecule has 2 aromatic rings. The van der Waals surface area contributed by atoms with Gasteiger partial charge in [-0.2, -0.15) is 15.0 Å². The van der Waals surface area contributed by atoms with Crippen LogP contribution in [0.5, 0.6) is 0 Å². The van der Waals surface area contributed by atoms with E-state index in [1.165, 1.54) is 11.8 Å². The van der Waals surface area contributed by atoms with Gasteiger partial charge in [-0.05, 0) is 36.7 Å². The maximum atomic E-state index is 5.81. The van der Waals surface area contributed by atoms with Gasteiger partial charge in [0.2, 0.25) is 17.1 Å². The maximum absolute atomic E-state index is 5.81. The van der Waals surface area contributed by atoms with Crippen molar-refractivity contribution in [2.45, 2.75) is 23.0 Å². The van der Waals surface area contributed by atoms with E-state index in [-0.39, 0.29) is 5.95 Å². The second-order valence-corrected chi connectivity index (χ2v) is 5.81. The van der Waals surface area contributed by atoms with Gasteiger partial charge in [-0.1, -0.05) is 11.6 Å². The number of nitrogens with two attached hydrogens (primary N) is 1. The molecule has 2 N–H and O–H groups in total. The van der Waals surface area contributed by atoms with Crippen molar-refractivity contribution in [2.24, 2.45) is 0 Å². The van der Waals surface area contributed by atoms with Gasteiger partial charge < -0.3 is 10.6 Å². The van der Waals surface area contributed by atoms with Crippen LogP contribution < -0.4 is 10.6 Å². The molecule has 8 heteroatoms. The molecule has 0 atom stereocenters. The van der Waals surface area contributed by atoms with Gasteiger partial charge >= 0.3 is 0 Å². The normalized spacial score (nSPS) is 14.8. The highest BCUT2D eigenvalue weighted by Crippen LogP contribution is 2.26. The molecule has 0 bridgehead atoms. The zero-order chi connectivity index (χ0) is 13.9. The molecule has 0 unspecified atom stereocenters. The average Bonchev–Trinajstić information content (AvgIpc) is 2.95. The van der Waals surface area contributed by atoms with E-state index in [0.29, 0.717) is 16.1 Å². The minimum atomic E-state index is 0.235. The van der Waals surface area contributed by atoms with Gasteiger partial charge in [0.15, 0.2) is 0 Å². The highest BCUT2D eigenvalue weighted by Gasteiger charge is 2.17. The van der Waals surface area contributed by atoms with E-state index >= 15 is 0 Å². The van der Waals surface area contributed by atoms with Crippen LogP contribution in [0.4, 0.5) is 11.9 Å². The second kappa shape index (κ2) is 5.80. The highest BCUT2D eigenvalue weighted by atomic mass is 35.5. The lowest BCUT2D eigenvalue weighted by Crippen LogP contribution is -2.21. The van der Waals surface area contributed by atoms with Crippen molar-refractivity contribution < 1.29 is 0 Å². The Bertz CT molecular complexity index is 599. The van der Waals surface area contributed by atoms with Crippen molar-refractivity contribution in [2.75, 3.05) is 23.7 Å². The zero-order valence-corrected chi connectivity index (χ0v) is 12.2. The van der Waals surface area contributed by atoms with Crippen molar-refractivity contribution >= 4 is 35.3 Å². The summed E-state index contributed by atoms with van der Waals surface area (Å²) in [5.41, 5.74) is 5.76. The van der Waals surface area contributed by atoms with Crippen molar-refractivity contribution in [1.82, 2.24) is 19.9 Å². The molecule has 0 amide bonds.